The molecule has 2 N–H and O–H groups in total. The number of hydrogen-bond donors (Lipinski definition) is 2. The average molecular weight is 302 g/mol. The SMILES string of the molecule is CC(C)(C)OC(=O)NCc1cccc(O)c1Br. The number of amides is 1. The summed E-state index contributed by atoms with van der Waals surface area (Å²) < 4.78 is 5.68. The van der Waals surface area contributed by atoms with E-state index in [9.17, 15) is 9.90 Å². The van der Waals surface area contributed by atoms with Crippen LogP contribution < -0.4 is 5.32 Å². The van der Waals surface area contributed by atoms with E-state index >= 15 is 0 Å². The van der Waals surface area contributed by atoms with Crippen molar-refractivity contribution in [3.8, 4) is 5.75 Å². The minimum absolute atomic E-state index is 0.147. The van der Waals surface area contributed by atoms with Gasteiger partial charge in [-0.2, -0.15) is 0 Å². The number of rotatable bonds is 2. The molecule has 1 aromatic carbocycles. The number of phenolic OH excluding ortho intramolecular Hbond substituents is 1. The zero-order valence-corrected chi connectivity index (χ0v) is 11.7. The molecule has 0 aliphatic carbocycles. The summed E-state index contributed by atoms with van der Waals surface area (Å²) >= 11 is 3.25. The first-order chi connectivity index (χ1) is 7.79. The molecule has 0 saturated heterocycles. The van der Waals surface area contributed by atoms with Crippen molar-refractivity contribution in [2.75, 3.05) is 0 Å². The molecule has 0 bridgehead atoms. The summed E-state index contributed by atoms with van der Waals surface area (Å²) in [6, 6.07) is 5.09. The van der Waals surface area contributed by atoms with Crippen molar-refractivity contribution >= 4 is 22.0 Å². The molecule has 0 aliphatic heterocycles. The lowest BCUT2D eigenvalue weighted by atomic mass is 10.2. The summed E-state index contributed by atoms with van der Waals surface area (Å²) in [5.41, 5.74) is 0.274. The Morgan fingerprint density at radius 3 is 2.71 bits per heavy atom. The molecule has 5 heteroatoms. The number of alkyl carbamates (subject to hydrolysis) is 1. The number of carbonyl (C=O) groups is 1. The fourth-order valence-electron chi connectivity index (χ4n) is 1.18. The summed E-state index contributed by atoms with van der Waals surface area (Å²) in [5, 5.41) is 12.1. The zero-order chi connectivity index (χ0) is 13.1. The van der Waals surface area contributed by atoms with Gasteiger partial charge in [0.05, 0.1) is 4.47 Å². The number of aromatic hydroxyl groups is 1. The molecule has 0 saturated carbocycles. The molecule has 0 radical (unpaired) electrons. The van der Waals surface area contributed by atoms with E-state index < -0.39 is 11.7 Å². The summed E-state index contributed by atoms with van der Waals surface area (Å²) in [4.78, 5) is 11.4. The standard InChI is InChI=1S/C12H16BrNO3/c1-12(2,3)17-11(16)14-7-8-5-4-6-9(15)10(8)13/h4-6,15H,7H2,1-3H3,(H,14,16). The third-order valence-corrected chi connectivity index (χ3v) is 2.80. The van der Waals surface area contributed by atoms with Crippen LogP contribution in [0, 0.1) is 0 Å². The van der Waals surface area contributed by atoms with Crippen molar-refractivity contribution in [3.05, 3.63) is 28.2 Å². The van der Waals surface area contributed by atoms with Crippen molar-refractivity contribution in [3.63, 3.8) is 0 Å². The van der Waals surface area contributed by atoms with Gasteiger partial charge in [-0.25, -0.2) is 4.79 Å². The summed E-state index contributed by atoms with van der Waals surface area (Å²) in [5.74, 6) is 0.147. The molecular weight excluding hydrogens is 286 g/mol. The highest BCUT2D eigenvalue weighted by Crippen LogP contribution is 2.27. The van der Waals surface area contributed by atoms with E-state index in [1.807, 2.05) is 0 Å². The highest BCUT2D eigenvalue weighted by molar-refractivity contribution is 9.10. The van der Waals surface area contributed by atoms with Crippen LogP contribution >= 0.6 is 15.9 Å². The van der Waals surface area contributed by atoms with Crippen LogP contribution in [0.25, 0.3) is 0 Å². The van der Waals surface area contributed by atoms with Gasteiger partial charge in [0.15, 0.2) is 0 Å². The second-order valence-corrected chi connectivity index (χ2v) is 5.40. The van der Waals surface area contributed by atoms with E-state index in [-0.39, 0.29) is 5.75 Å². The van der Waals surface area contributed by atoms with Gasteiger partial charge in [0.25, 0.3) is 0 Å². The Labute approximate surface area is 109 Å². The van der Waals surface area contributed by atoms with Crippen LogP contribution in [0.15, 0.2) is 22.7 Å². The number of phenols is 1. The highest BCUT2D eigenvalue weighted by atomic mass is 79.9. The lowest BCUT2D eigenvalue weighted by Crippen LogP contribution is -2.32. The quantitative estimate of drug-likeness (QED) is 0.882. The Balaban J connectivity index is 2.56. The third-order valence-electron chi connectivity index (χ3n) is 1.88. The lowest BCUT2D eigenvalue weighted by Gasteiger charge is -2.19. The first-order valence-electron chi connectivity index (χ1n) is 5.23. The largest absolute Gasteiger partial charge is 0.507 e. The molecule has 0 aromatic heterocycles. The second kappa shape index (κ2) is 5.40. The van der Waals surface area contributed by atoms with Gasteiger partial charge in [0.1, 0.15) is 11.4 Å². The van der Waals surface area contributed by atoms with E-state index in [0.29, 0.717) is 11.0 Å². The Bertz CT molecular complexity index is 413. The molecule has 0 aliphatic rings. The van der Waals surface area contributed by atoms with E-state index in [1.165, 1.54) is 0 Å². The molecule has 0 fully saturated rings. The number of benzene rings is 1. The monoisotopic (exact) mass is 301 g/mol. The molecule has 0 spiro atoms. The smallest absolute Gasteiger partial charge is 0.407 e. The van der Waals surface area contributed by atoms with Gasteiger partial charge < -0.3 is 15.2 Å². The highest BCUT2D eigenvalue weighted by Gasteiger charge is 2.16. The number of halogens is 1. The summed E-state index contributed by atoms with van der Waals surface area (Å²) in [6.45, 7) is 5.70. The van der Waals surface area contributed by atoms with Crippen LogP contribution in [-0.4, -0.2) is 16.8 Å². The van der Waals surface area contributed by atoms with E-state index in [1.54, 1.807) is 39.0 Å². The van der Waals surface area contributed by atoms with Crippen LogP contribution in [0.4, 0.5) is 4.79 Å². The molecule has 0 unspecified atom stereocenters. The van der Waals surface area contributed by atoms with Gasteiger partial charge >= 0.3 is 6.09 Å². The molecule has 1 amide bonds. The summed E-state index contributed by atoms with van der Waals surface area (Å²) in [7, 11) is 0. The maximum absolute atomic E-state index is 11.4. The second-order valence-electron chi connectivity index (χ2n) is 4.61. The molecule has 0 atom stereocenters. The Kier molecular flexibility index (Phi) is 4.40. The number of carbonyl (C=O) groups excluding carboxylic acids is 1. The predicted octanol–water partition coefficient (Wildman–Crippen LogP) is 3.18. The molecule has 94 valence electrons. The van der Waals surface area contributed by atoms with Crippen LogP contribution in [-0.2, 0) is 11.3 Å². The maximum Gasteiger partial charge on any atom is 0.407 e. The Morgan fingerprint density at radius 2 is 2.12 bits per heavy atom. The topological polar surface area (TPSA) is 58.6 Å². The van der Waals surface area contributed by atoms with E-state index in [4.69, 9.17) is 4.74 Å². The first-order valence-corrected chi connectivity index (χ1v) is 6.02. The van der Waals surface area contributed by atoms with Gasteiger partial charge in [0, 0.05) is 6.54 Å². The van der Waals surface area contributed by atoms with Gasteiger partial charge in [-0.3, -0.25) is 0 Å². The van der Waals surface area contributed by atoms with Crippen LogP contribution in [0.1, 0.15) is 26.3 Å². The zero-order valence-electron chi connectivity index (χ0n) is 10.1. The molecule has 1 rings (SSSR count). The van der Waals surface area contributed by atoms with Crippen LogP contribution in [0.2, 0.25) is 0 Å². The van der Waals surface area contributed by atoms with Crippen molar-refractivity contribution < 1.29 is 14.6 Å². The van der Waals surface area contributed by atoms with Crippen LogP contribution in [0.3, 0.4) is 0 Å². The van der Waals surface area contributed by atoms with Gasteiger partial charge in [-0.15, -0.1) is 0 Å². The first kappa shape index (κ1) is 13.8. The fourth-order valence-corrected chi connectivity index (χ4v) is 1.59. The molecule has 17 heavy (non-hydrogen) atoms. The number of ether oxygens (including phenoxy) is 1. The van der Waals surface area contributed by atoms with Gasteiger partial charge in [-0.1, -0.05) is 12.1 Å². The molecule has 4 nitrogen and oxygen atoms in total. The average Bonchev–Trinajstić information content (AvgIpc) is 2.18. The minimum atomic E-state index is -0.514. The van der Waals surface area contributed by atoms with Crippen molar-refractivity contribution in [1.29, 1.82) is 0 Å². The normalized spacial score (nSPS) is 11.1. The lowest BCUT2D eigenvalue weighted by molar-refractivity contribution is 0.0523. The van der Waals surface area contributed by atoms with Crippen molar-refractivity contribution in [2.45, 2.75) is 32.9 Å². The molecular formula is C12H16BrNO3. The number of nitrogens with one attached hydrogen (secondary N) is 1. The Hall–Kier alpha value is -1.23. The Morgan fingerprint density at radius 1 is 1.47 bits per heavy atom. The fraction of sp³-hybridized carbons (Fsp3) is 0.417. The van der Waals surface area contributed by atoms with Gasteiger partial charge in [-0.05, 0) is 48.3 Å². The van der Waals surface area contributed by atoms with E-state index in [2.05, 4.69) is 21.2 Å². The maximum atomic E-state index is 11.4. The van der Waals surface area contributed by atoms with Crippen LogP contribution in [0.5, 0.6) is 5.75 Å². The predicted molar refractivity (Wildman–Crippen MR) is 68.9 cm³/mol. The molecule has 1 aromatic rings. The number of hydrogen-bond acceptors (Lipinski definition) is 3. The van der Waals surface area contributed by atoms with E-state index in [0.717, 1.165) is 5.56 Å². The minimum Gasteiger partial charge on any atom is -0.507 e. The van der Waals surface area contributed by atoms with Crippen molar-refractivity contribution in [1.82, 2.24) is 5.32 Å². The van der Waals surface area contributed by atoms with Crippen molar-refractivity contribution in [2.24, 2.45) is 0 Å². The third kappa shape index (κ3) is 4.65. The van der Waals surface area contributed by atoms with Gasteiger partial charge in [0.2, 0.25) is 0 Å². The molecule has 0 heterocycles. The summed E-state index contributed by atoms with van der Waals surface area (Å²) in [6.07, 6.45) is -0.479.